The molecule has 0 saturated carbocycles. The normalized spacial score (nSPS) is 20.1. The van der Waals surface area contributed by atoms with Crippen LogP contribution in [0.3, 0.4) is 0 Å². The molecule has 0 aromatic carbocycles. The van der Waals surface area contributed by atoms with Gasteiger partial charge < -0.3 is 15.0 Å². The van der Waals surface area contributed by atoms with Crippen LogP contribution in [0, 0.1) is 0 Å². The van der Waals surface area contributed by atoms with Crippen molar-refractivity contribution in [3.63, 3.8) is 0 Å². The van der Waals surface area contributed by atoms with Crippen LogP contribution in [0.2, 0.25) is 0 Å². The monoisotopic (exact) mass is 335 g/mol. The van der Waals surface area contributed by atoms with E-state index in [2.05, 4.69) is 16.0 Å². The van der Waals surface area contributed by atoms with E-state index < -0.39 is 11.7 Å². The number of hydrazine groups is 1. The van der Waals surface area contributed by atoms with E-state index in [4.69, 9.17) is 27.9 Å². The summed E-state index contributed by atoms with van der Waals surface area (Å²) in [4.78, 5) is 14.1. The molecule has 9 heteroatoms. The molecule has 0 radical (unpaired) electrons. The highest BCUT2D eigenvalue weighted by molar-refractivity contribution is 6.70. The molecule has 2 N–H and O–H groups in total. The molecule has 2 aliphatic rings. The predicted octanol–water partition coefficient (Wildman–Crippen LogP) is 1.61. The standard InChI is InChI=1S/C12H19Cl2N5O2/c1-12(2,3)21-11(20)19-10(14)8(9(13)16-17-19)18-6-4-15-5-7-18/h15,17H,4-7H2,1-3H3. The van der Waals surface area contributed by atoms with Gasteiger partial charge in [0.1, 0.15) is 11.3 Å². The number of ether oxygens (including phenoxy) is 1. The van der Waals surface area contributed by atoms with E-state index in [1.165, 1.54) is 0 Å². The Morgan fingerprint density at radius 1 is 1.29 bits per heavy atom. The van der Waals surface area contributed by atoms with Gasteiger partial charge in [-0.05, 0) is 20.8 Å². The van der Waals surface area contributed by atoms with E-state index in [1.807, 2.05) is 4.90 Å². The van der Waals surface area contributed by atoms with Gasteiger partial charge in [-0.25, -0.2) is 10.3 Å². The average Bonchev–Trinajstić information content (AvgIpc) is 2.37. The van der Waals surface area contributed by atoms with Crippen molar-refractivity contribution < 1.29 is 9.53 Å². The Balaban J connectivity index is 2.21. The molecule has 0 spiro atoms. The van der Waals surface area contributed by atoms with Crippen molar-refractivity contribution in [1.82, 2.24) is 20.8 Å². The summed E-state index contributed by atoms with van der Waals surface area (Å²) in [5.74, 6) is 0. The quantitative estimate of drug-likeness (QED) is 0.712. The van der Waals surface area contributed by atoms with E-state index in [0.29, 0.717) is 5.70 Å². The highest BCUT2D eigenvalue weighted by atomic mass is 35.5. The molecule has 2 rings (SSSR count). The molecule has 1 saturated heterocycles. The first-order valence-corrected chi connectivity index (χ1v) is 7.43. The van der Waals surface area contributed by atoms with Gasteiger partial charge in [-0.1, -0.05) is 23.2 Å². The fourth-order valence-electron chi connectivity index (χ4n) is 1.96. The van der Waals surface area contributed by atoms with E-state index in [0.717, 1.165) is 31.2 Å². The molecule has 7 nitrogen and oxygen atoms in total. The molecule has 2 aliphatic heterocycles. The van der Waals surface area contributed by atoms with Gasteiger partial charge in [0.25, 0.3) is 0 Å². The Morgan fingerprint density at radius 3 is 2.48 bits per heavy atom. The summed E-state index contributed by atoms with van der Waals surface area (Å²) in [6, 6.07) is 0. The Labute approximate surface area is 133 Å². The maximum atomic E-state index is 12.1. The lowest BCUT2D eigenvalue weighted by Gasteiger charge is -2.35. The largest absolute Gasteiger partial charge is 0.442 e. The summed E-state index contributed by atoms with van der Waals surface area (Å²) in [6.07, 6.45) is -0.631. The van der Waals surface area contributed by atoms with Crippen LogP contribution in [0.4, 0.5) is 4.79 Å². The SMILES string of the molecule is CC(C)(C)OC(=O)N1NN=C(Cl)C(N2CCNCC2)=C1Cl. The number of carbonyl (C=O) groups excluding carboxylic acids is 1. The Morgan fingerprint density at radius 2 is 1.90 bits per heavy atom. The number of carbonyl (C=O) groups is 1. The van der Waals surface area contributed by atoms with Crippen LogP contribution >= 0.6 is 23.2 Å². The zero-order valence-corrected chi connectivity index (χ0v) is 13.8. The molecule has 2 heterocycles. The highest BCUT2D eigenvalue weighted by Gasteiger charge is 2.32. The topological polar surface area (TPSA) is 69.2 Å². The fraction of sp³-hybridized carbons (Fsp3) is 0.667. The number of hydrogen-bond acceptors (Lipinski definition) is 6. The average molecular weight is 336 g/mol. The lowest BCUT2D eigenvalue weighted by atomic mass is 10.2. The van der Waals surface area contributed by atoms with Crippen LogP contribution in [0.1, 0.15) is 20.8 Å². The van der Waals surface area contributed by atoms with Crippen molar-refractivity contribution in [2.75, 3.05) is 26.2 Å². The summed E-state index contributed by atoms with van der Waals surface area (Å²) < 4.78 is 5.28. The van der Waals surface area contributed by atoms with Crippen LogP contribution in [-0.4, -0.2) is 53.0 Å². The van der Waals surface area contributed by atoms with Crippen molar-refractivity contribution in [2.45, 2.75) is 26.4 Å². The molecule has 0 bridgehead atoms. The van der Waals surface area contributed by atoms with Crippen LogP contribution in [-0.2, 0) is 4.74 Å². The van der Waals surface area contributed by atoms with Crippen molar-refractivity contribution in [3.05, 3.63) is 10.9 Å². The highest BCUT2D eigenvalue weighted by Crippen LogP contribution is 2.25. The molecule has 0 aliphatic carbocycles. The molecule has 0 aromatic heterocycles. The van der Waals surface area contributed by atoms with Crippen LogP contribution in [0.5, 0.6) is 0 Å². The molecule has 0 unspecified atom stereocenters. The van der Waals surface area contributed by atoms with Crippen LogP contribution in [0.25, 0.3) is 0 Å². The van der Waals surface area contributed by atoms with E-state index in [1.54, 1.807) is 20.8 Å². The summed E-state index contributed by atoms with van der Waals surface area (Å²) in [5, 5.41) is 8.59. The maximum Gasteiger partial charge on any atom is 0.436 e. The Hall–Kier alpha value is -1.18. The third-order valence-electron chi connectivity index (χ3n) is 2.84. The number of piperazine rings is 1. The van der Waals surface area contributed by atoms with Gasteiger partial charge in [0.2, 0.25) is 0 Å². The minimum Gasteiger partial charge on any atom is -0.442 e. The summed E-state index contributed by atoms with van der Waals surface area (Å²) >= 11 is 12.4. The second-order valence-electron chi connectivity index (χ2n) is 5.69. The molecule has 21 heavy (non-hydrogen) atoms. The van der Waals surface area contributed by atoms with Crippen molar-refractivity contribution in [2.24, 2.45) is 5.10 Å². The third kappa shape index (κ3) is 3.93. The second-order valence-corrected chi connectivity index (χ2v) is 6.41. The molecule has 0 aromatic rings. The molecule has 1 amide bonds. The van der Waals surface area contributed by atoms with Gasteiger partial charge in [-0.3, -0.25) is 0 Å². The van der Waals surface area contributed by atoms with Gasteiger partial charge in [0.05, 0.1) is 0 Å². The summed E-state index contributed by atoms with van der Waals surface area (Å²) in [7, 11) is 0. The minimum atomic E-state index is -0.631. The van der Waals surface area contributed by atoms with Gasteiger partial charge in [0.15, 0.2) is 10.3 Å². The Kier molecular flexibility index (Phi) is 4.85. The molecular formula is C12H19Cl2N5O2. The molecule has 0 atom stereocenters. The lowest BCUT2D eigenvalue weighted by molar-refractivity contribution is 0.0232. The molecular weight excluding hydrogens is 317 g/mol. The van der Waals surface area contributed by atoms with Crippen LogP contribution < -0.4 is 10.9 Å². The van der Waals surface area contributed by atoms with Gasteiger partial charge in [0, 0.05) is 26.2 Å². The number of rotatable bonds is 1. The van der Waals surface area contributed by atoms with Crippen LogP contribution in [0.15, 0.2) is 16.0 Å². The maximum absolute atomic E-state index is 12.1. The smallest absolute Gasteiger partial charge is 0.436 e. The second kappa shape index (κ2) is 6.29. The van der Waals surface area contributed by atoms with E-state index in [-0.39, 0.29) is 10.3 Å². The van der Waals surface area contributed by atoms with Gasteiger partial charge in [-0.15, -0.1) is 5.10 Å². The summed E-state index contributed by atoms with van der Waals surface area (Å²) in [6.45, 7) is 8.44. The van der Waals surface area contributed by atoms with Crippen molar-refractivity contribution in [3.8, 4) is 0 Å². The first-order chi connectivity index (χ1) is 9.79. The predicted molar refractivity (Wildman–Crippen MR) is 81.8 cm³/mol. The first kappa shape index (κ1) is 16.2. The number of amides is 1. The number of nitrogens with one attached hydrogen (secondary N) is 2. The Bertz CT molecular complexity index is 481. The lowest BCUT2D eigenvalue weighted by Crippen LogP contribution is -2.49. The number of nitrogens with zero attached hydrogens (tertiary/aromatic N) is 3. The van der Waals surface area contributed by atoms with Crippen molar-refractivity contribution in [1.29, 1.82) is 0 Å². The van der Waals surface area contributed by atoms with Gasteiger partial charge >= 0.3 is 6.09 Å². The molecule has 118 valence electrons. The van der Waals surface area contributed by atoms with E-state index in [9.17, 15) is 4.79 Å². The number of hydrogen-bond donors (Lipinski definition) is 2. The van der Waals surface area contributed by atoms with Gasteiger partial charge in [-0.2, -0.15) is 5.01 Å². The molecule has 1 fully saturated rings. The number of hydrazone groups is 1. The summed E-state index contributed by atoms with van der Waals surface area (Å²) in [5.41, 5.74) is 2.40. The van der Waals surface area contributed by atoms with E-state index >= 15 is 0 Å². The third-order valence-corrected chi connectivity index (χ3v) is 3.46. The zero-order valence-electron chi connectivity index (χ0n) is 12.2. The fourth-order valence-corrected chi connectivity index (χ4v) is 2.57. The number of allylic oxidation sites excluding steroid dienone is 1. The first-order valence-electron chi connectivity index (χ1n) is 6.67. The number of halogens is 2. The zero-order chi connectivity index (χ0) is 15.6. The van der Waals surface area contributed by atoms with Crippen molar-refractivity contribution >= 4 is 34.5 Å². The minimum absolute atomic E-state index is 0.158.